The molecular weight excluding hydrogens is 447 g/mol. The van der Waals surface area contributed by atoms with E-state index >= 15 is 0 Å². The number of fused-ring (bicyclic) bond motifs is 1. The van der Waals surface area contributed by atoms with Gasteiger partial charge in [0.15, 0.2) is 5.76 Å². The highest BCUT2D eigenvalue weighted by Crippen LogP contribution is 2.36. The van der Waals surface area contributed by atoms with E-state index in [0.717, 1.165) is 5.56 Å². The molecule has 0 N–H and O–H groups in total. The molecule has 0 radical (unpaired) electrons. The van der Waals surface area contributed by atoms with Crippen LogP contribution in [-0.2, 0) is 10.1 Å². The van der Waals surface area contributed by atoms with Gasteiger partial charge in [-0.1, -0.05) is 47.0 Å². The lowest BCUT2D eigenvalue weighted by atomic mass is 10.1. The smallest absolute Gasteiger partial charge is 0.339 e. The van der Waals surface area contributed by atoms with E-state index in [9.17, 15) is 13.2 Å². The van der Waals surface area contributed by atoms with Crippen molar-refractivity contribution < 1.29 is 22.1 Å². The lowest BCUT2D eigenvalue weighted by Crippen LogP contribution is -2.09. The van der Waals surface area contributed by atoms with Crippen LogP contribution in [-0.4, -0.2) is 14.2 Å². The normalized spacial score (nSPS) is 14.5. The van der Waals surface area contributed by atoms with Crippen molar-refractivity contribution in [2.75, 3.05) is 0 Å². The van der Waals surface area contributed by atoms with Gasteiger partial charge in [-0.15, -0.1) is 0 Å². The molecule has 0 amide bonds. The first-order chi connectivity index (χ1) is 14.2. The zero-order chi connectivity index (χ0) is 21.5. The summed E-state index contributed by atoms with van der Waals surface area (Å²) in [5.74, 6) is -0.0439. The van der Waals surface area contributed by atoms with Gasteiger partial charge in [-0.3, -0.25) is 4.79 Å². The standard InChI is InChI=1S/C22H14Cl2O5S/c1-13-2-7-17(8-3-13)30(26,27)29-16-6-9-18-20(12-16)28-21(22(18)25)10-14-4-5-15(23)11-19(14)24/h2-12H,1H3. The number of ketones is 1. The predicted molar refractivity (Wildman–Crippen MR) is 115 cm³/mol. The van der Waals surface area contributed by atoms with Crippen molar-refractivity contribution in [2.45, 2.75) is 11.8 Å². The summed E-state index contributed by atoms with van der Waals surface area (Å²) in [7, 11) is -4.02. The van der Waals surface area contributed by atoms with Crippen LogP contribution in [0.4, 0.5) is 0 Å². The molecule has 1 aliphatic rings. The summed E-state index contributed by atoms with van der Waals surface area (Å²) in [5.41, 5.74) is 1.79. The molecule has 0 bridgehead atoms. The van der Waals surface area contributed by atoms with Crippen molar-refractivity contribution >= 4 is 45.2 Å². The van der Waals surface area contributed by atoms with Gasteiger partial charge in [0, 0.05) is 16.1 Å². The zero-order valence-corrected chi connectivity index (χ0v) is 17.9. The molecule has 4 rings (SSSR count). The predicted octanol–water partition coefficient (Wildman–Crippen LogP) is 5.69. The van der Waals surface area contributed by atoms with Crippen molar-refractivity contribution in [3.63, 3.8) is 0 Å². The fourth-order valence-corrected chi connectivity index (χ4v) is 4.24. The minimum atomic E-state index is -4.02. The topological polar surface area (TPSA) is 69.7 Å². The van der Waals surface area contributed by atoms with Crippen molar-refractivity contribution in [1.82, 2.24) is 0 Å². The monoisotopic (exact) mass is 460 g/mol. The fraction of sp³-hybridized carbons (Fsp3) is 0.0455. The largest absolute Gasteiger partial charge is 0.452 e. The number of benzene rings is 3. The first-order valence-corrected chi connectivity index (χ1v) is 10.9. The van der Waals surface area contributed by atoms with Gasteiger partial charge in [-0.2, -0.15) is 8.42 Å². The number of carbonyl (C=O) groups excluding carboxylic acids is 1. The zero-order valence-electron chi connectivity index (χ0n) is 15.6. The molecule has 0 saturated carbocycles. The van der Waals surface area contributed by atoms with Crippen LogP contribution < -0.4 is 8.92 Å². The van der Waals surface area contributed by atoms with E-state index in [4.69, 9.17) is 32.1 Å². The van der Waals surface area contributed by atoms with Gasteiger partial charge in [-0.25, -0.2) is 0 Å². The highest BCUT2D eigenvalue weighted by Gasteiger charge is 2.29. The molecule has 0 spiro atoms. The third kappa shape index (κ3) is 4.07. The SMILES string of the molecule is Cc1ccc(S(=O)(=O)Oc2ccc3c(c2)OC(=Cc2ccc(Cl)cc2Cl)C3=O)cc1. The Hall–Kier alpha value is -2.80. The molecule has 0 fully saturated rings. The van der Waals surface area contributed by atoms with E-state index in [0.29, 0.717) is 21.2 Å². The van der Waals surface area contributed by atoms with Gasteiger partial charge in [0.2, 0.25) is 5.78 Å². The van der Waals surface area contributed by atoms with Crippen molar-refractivity contribution in [3.8, 4) is 11.5 Å². The van der Waals surface area contributed by atoms with Crippen molar-refractivity contribution in [3.05, 3.63) is 93.2 Å². The van der Waals surface area contributed by atoms with Crippen LogP contribution in [0.15, 0.2) is 71.3 Å². The number of hydrogen-bond donors (Lipinski definition) is 0. The van der Waals surface area contributed by atoms with E-state index in [1.54, 1.807) is 30.3 Å². The maximum absolute atomic E-state index is 12.6. The van der Waals surface area contributed by atoms with E-state index in [1.165, 1.54) is 36.4 Å². The summed E-state index contributed by atoms with van der Waals surface area (Å²) in [4.78, 5) is 12.6. The number of halogens is 2. The Morgan fingerprint density at radius 1 is 0.967 bits per heavy atom. The van der Waals surface area contributed by atoms with Crippen LogP contribution in [0.3, 0.4) is 0 Å². The Bertz CT molecular complexity index is 1300. The summed E-state index contributed by atoms with van der Waals surface area (Å²) < 4.78 is 35.8. The Kier molecular flexibility index (Phi) is 5.32. The molecule has 0 unspecified atom stereocenters. The molecule has 1 aliphatic heterocycles. The number of hydrogen-bond acceptors (Lipinski definition) is 5. The Labute approximate surface area is 183 Å². The van der Waals surface area contributed by atoms with Gasteiger partial charge in [0.05, 0.1) is 5.56 Å². The van der Waals surface area contributed by atoms with E-state index in [1.807, 2.05) is 6.92 Å². The molecule has 8 heteroatoms. The molecule has 5 nitrogen and oxygen atoms in total. The van der Waals surface area contributed by atoms with Crippen LogP contribution in [0, 0.1) is 6.92 Å². The van der Waals surface area contributed by atoms with Crippen LogP contribution in [0.1, 0.15) is 21.5 Å². The van der Waals surface area contributed by atoms with Crippen molar-refractivity contribution in [1.29, 1.82) is 0 Å². The van der Waals surface area contributed by atoms with Gasteiger partial charge >= 0.3 is 10.1 Å². The first-order valence-electron chi connectivity index (χ1n) is 8.77. The summed E-state index contributed by atoms with van der Waals surface area (Å²) >= 11 is 12.0. The third-order valence-corrected chi connectivity index (χ3v) is 6.23. The molecule has 0 aliphatic carbocycles. The quantitative estimate of drug-likeness (QED) is 0.369. The molecule has 30 heavy (non-hydrogen) atoms. The van der Waals surface area contributed by atoms with Crippen LogP contribution in [0.25, 0.3) is 6.08 Å². The number of carbonyl (C=O) groups is 1. The number of aryl methyl sites for hydroxylation is 1. The van der Waals surface area contributed by atoms with Crippen LogP contribution in [0.5, 0.6) is 11.5 Å². The second-order valence-electron chi connectivity index (χ2n) is 6.61. The van der Waals surface area contributed by atoms with Crippen molar-refractivity contribution in [2.24, 2.45) is 0 Å². The summed E-state index contributed by atoms with van der Waals surface area (Å²) in [6.45, 7) is 1.86. The molecular formula is C22H14Cl2O5S. The second-order valence-corrected chi connectivity index (χ2v) is 9.00. The Morgan fingerprint density at radius 2 is 1.70 bits per heavy atom. The molecule has 1 heterocycles. The van der Waals surface area contributed by atoms with Crippen LogP contribution >= 0.6 is 23.2 Å². The number of ether oxygens (including phenoxy) is 1. The van der Waals surface area contributed by atoms with E-state index < -0.39 is 10.1 Å². The molecule has 3 aromatic carbocycles. The van der Waals surface area contributed by atoms with Crippen LogP contribution in [0.2, 0.25) is 10.0 Å². The molecule has 3 aromatic rings. The number of Topliss-reactive ketones (excluding diaryl/α,β-unsaturated/α-hetero) is 1. The Balaban J connectivity index is 1.60. The maximum atomic E-state index is 12.6. The number of allylic oxidation sites excluding steroid dienone is 1. The average Bonchev–Trinajstić information content (AvgIpc) is 2.99. The Morgan fingerprint density at radius 3 is 2.40 bits per heavy atom. The molecule has 152 valence electrons. The lowest BCUT2D eigenvalue weighted by molar-refractivity contribution is 0.101. The van der Waals surface area contributed by atoms with Gasteiger partial charge in [0.1, 0.15) is 16.4 Å². The highest BCUT2D eigenvalue weighted by atomic mass is 35.5. The summed E-state index contributed by atoms with van der Waals surface area (Å²) in [6.07, 6.45) is 1.50. The minimum Gasteiger partial charge on any atom is -0.452 e. The number of rotatable bonds is 4. The van der Waals surface area contributed by atoms with Gasteiger partial charge < -0.3 is 8.92 Å². The highest BCUT2D eigenvalue weighted by molar-refractivity contribution is 7.87. The fourth-order valence-electron chi connectivity index (χ4n) is 2.86. The molecule has 0 atom stereocenters. The average molecular weight is 461 g/mol. The molecule has 0 aromatic heterocycles. The van der Waals surface area contributed by atoms with Gasteiger partial charge in [0.25, 0.3) is 0 Å². The minimum absolute atomic E-state index is 0.0311. The van der Waals surface area contributed by atoms with E-state index in [-0.39, 0.29) is 27.9 Å². The summed E-state index contributed by atoms with van der Waals surface area (Å²) in [6, 6.07) is 15.4. The maximum Gasteiger partial charge on any atom is 0.339 e. The summed E-state index contributed by atoms with van der Waals surface area (Å²) in [5, 5.41) is 0.844. The van der Waals surface area contributed by atoms with E-state index in [2.05, 4.69) is 0 Å². The molecule has 0 saturated heterocycles. The first kappa shape index (κ1) is 20.5. The third-order valence-electron chi connectivity index (χ3n) is 4.41. The van der Waals surface area contributed by atoms with Gasteiger partial charge in [-0.05, 0) is 55.0 Å². The lowest BCUT2D eigenvalue weighted by Gasteiger charge is -2.08. The second kappa shape index (κ2) is 7.80.